The van der Waals surface area contributed by atoms with Crippen molar-refractivity contribution in [2.24, 2.45) is 10.2 Å². The Kier molecular flexibility index (Phi) is 6.59. The molecule has 0 atom stereocenters. The first kappa shape index (κ1) is 22.7. The number of hydrogen-bond donors (Lipinski definition) is 2. The van der Waals surface area contributed by atoms with E-state index in [-0.39, 0.29) is 15.5 Å². The number of carbonyl (C=O) groups is 1. The predicted molar refractivity (Wildman–Crippen MR) is 120 cm³/mol. The van der Waals surface area contributed by atoms with Crippen molar-refractivity contribution in [1.29, 1.82) is 0 Å². The Hall–Kier alpha value is -3.01. The van der Waals surface area contributed by atoms with Crippen molar-refractivity contribution >= 4 is 33.7 Å². The van der Waals surface area contributed by atoms with Crippen LogP contribution in [0.5, 0.6) is 0 Å². The van der Waals surface area contributed by atoms with E-state index in [4.69, 9.17) is 16.7 Å². The quantitative estimate of drug-likeness (QED) is 0.435. The van der Waals surface area contributed by atoms with Crippen molar-refractivity contribution in [3.8, 4) is 0 Å². The molecule has 162 valence electrons. The summed E-state index contributed by atoms with van der Waals surface area (Å²) >= 11 is 5.84. The normalized spacial score (nSPS) is 11.8. The van der Waals surface area contributed by atoms with Crippen molar-refractivity contribution in [2.75, 3.05) is 0 Å². The van der Waals surface area contributed by atoms with Crippen LogP contribution in [0, 0.1) is 20.8 Å². The number of aromatic nitrogens is 2. The molecule has 3 N–H and O–H groups in total. The first-order chi connectivity index (χ1) is 14.6. The van der Waals surface area contributed by atoms with Gasteiger partial charge in [0.2, 0.25) is 10.0 Å². The molecule has 0 bridgehead atoms. The molecule has 0 unspecified atom stereocenters. The van der Waals surface area contributed by atoms with E-state index in [0.29, 0.717) is 6.54 Å². The minimum atomic E-state index is -4.05. The Balaban J connectivity index is 1.75. The topological polar surface area (TPSA) is 119 Å². The van der Waals surface area contributed by atoms with E-state index in [2.05, 4.69) is 39.9 Å². The molecule has 10 heteroatoms. The molecule has 2 aromatic carbocycles. The van der Waals surface area contributed by atoms with Crippen molar-refractivity contribution in [2.45, 2.75) is 32.2 Å². The van der Waals surface area contributed by atoms with Gasteiger partial charge in [0.25, 0.3) is 5.91 Å². The van der Waals surface area contributed by atoms with Crippen LogP contribution in [0.2, 0.25) is 5.02 Å². The zero-order chi connectivity index (χ0) is 22.8. The summed E-state index contributed by atoms with van der Waals surface area (Å²) in [6.45, 7) is 6.44. The van der Waals surface area contributed by atoms with Crippen LogP contribution in [0.3, 0.4) is 0 Å². The van der Waals surface area contributed by atoms with Crippen LogP contribution in [0.1, 0.15) is 38.4 Å². The molecule has 31 heavy (non-hydrogen) atoms. The Morgan fingerprint density at radius 3 is 2.52 bits per heavy atom. The second-order valence-corrected chi connectivity index (χ2v) is 9.05. The molecule has 0 radical (unpaired) electrons. The van der Waals surface area contributed by atoms with E-state index in [1.165, 1.54) is 23.9 Å². The number of rotatable bonds is 6. The number of nitrogens with zero attached hydrogens (tertiary/aromatic N) is 3. The van der Waals surface area contributed by atoms with E-state index in [1.54, 1.807) is 0 Å². The van der Waals surface area contributed by atoms with Crippen molar-refractivity contribution in [1.82, 2.24) is 15.2 Å². The van der Waals surface area contributed by atoms with Gasteiger partial charge in [-0.3, -0.25) is 9.48 Å². The third-order valence-corrected chi connectivity index (χ3v) is 6.14. The van der Waals surface area contributed by atoms with E-state index in [0.717, 1.165) is 28.6 Å². The van der Waals surface area contributed by atoms with Crippen LogP contribution in [0.15, 0.2) is 52.5 Å². The summed E-state index contributed by atoms with van der Waals surface area (Å²) < 4.78 is 25.0. The maximum atomic E-state index is 12.3. The monoisotopic (exact) mass is 459 g/mol. The van der Waals surface area contributed by atoms with Gasteiger partial charge in [-0.2, -0.15) is 10.2 Å². The van der Waals surface area contributed by atoms with Gasteiger partial charge in [0.05, 0.1) is 23.5 Å². The van der Waals surface area contributed by atoms with E-state index in [9.17, 15) is 13.2 Å². The van der Waals surface area contributed by atoms with Gasteiger partial charge in [0, 0.05) is 16.8 Å². The first-order valence-corrected chi connectivity index (χ1v) is 11.2. The molecular weight excluding hydrogens is 438 g/mol. The van der Waals surface area contributed by atoms with Crippen LogP contribution in [0.4, 0.5) is 0 Å². The number of nitrogens with one attached hydrogen (secondary N) is 1. The Morgan fingerprint density at radius 1 is 1.19 bits per heavy atom. The van der Waals surface area contributed by atoms with Gasteiger partial charge in [0.1, 0.15) is 4.90 Å². The summed E-state index contributed by atoms with van der Waals surface area (Å²) in [4.78, 5) is 12.0. The molecular formula is C21H22ClN5O3S. The van der Waals surface area contributed by atoms with Gasteiger partial charge in [0.15, 0.2) is 0 Å². The highest BCUT2D eigenvalue weighted by Gasteiger charge is 2.16. The molecule has 0 saturated carbocycles. The number of primary sulfonamides is 1. The second-order valence-electron chi connectivity index (χ2n) is 7.12. The minimum Gasteiger partial charge on any atom is -0.267 e. The first-order valence-electron chi connectivity index (χ1n) is 9.31. The largest absolute Gasteiger partial charge is 0.271 e. The molecule has 8 nitrogen and oxygen atoms in total. The number of amides is 1. The van der Waals surface area contributed by atoms with E-state index >= 15 is 0 Å². The Labute approximate surface area is 185 Å². The van der Waals surface area contributed by atoms with Gasteiger partial charge in [-0.1, -0.05) is 41.4 Å². The van der Waals surface area contributed by atoms with Gasteiger partial charge < -0.3 is 0 Å². The highest BCUT2D eigenvalue weighted by atomic mass is 35.5. The number of hydrogen-bond acceptors (Lipinski definition) is 5. The molecule has 1 aromatic heterocycles. The van der Waals surface area contributed by atoms with Gasteiger partial charge in [-0.05, 0) is 44.5 Å². The predicted octanol–water partition coefficient (Wildman–Crippen LogP) is 2.92. The molecule has 3 aromatic rings. The maximum Gasteiger partial charge on any atom is 0.271 e. The van der Waals surface area contributed by atoms with Gasteiger partial charge in [-0.15, -0.1) is 0 Å². The standard InChI is InChI=1S/C21H22ClN5O3S/c1-13-4-6-16(7-5-13)12-27-15(3)18(14(2)26-27)11-24-25-21(28)17-8-9-19(22)20(10-17)31(23,29)30/h4-11H,12H2,1-3H3,(H,25,28)(H2,23,29,30)/b24-11+. The fourth-order valence-corrected chi connectivity index (χ4v) is 4.07. The van der Waals surface area contributed by atoms with E-state index in [1.807, 2.05) is 25.5 Å². The van der Waals surface area contributed by atoms with Crippen molar-refractivity contribution < 1.29 is 13.2 Å². The lowest BCUT2D eigenvalue weighted by Crippen LogP contribution is -2.19. The molecule has 1 amide bonds. The maximum absolute atomic E-state index is 12.3. The minimum absolute atomic E-state index is 0.0604. The molecule has 0 aliphatic rings. The number of sulfonamides is 1. The molecule has 1 heterocycles. The fourth-order valence-electron chi connectivity index (χ4n) is 3.00. The van der Waals surface area contributed by atoms with Gasteiger partial charge in [-0.25, -0.2) is 19.0 Å². The highest BCUT2D eigenvalue weighted by molar-refractivity contribution is 7.89. The third-order valence-electron chi connectivity index (χ3n) is 4.75. The molecule has 0 aliphatic carbocycles. The third kappa shape index (κ3) is 5.38. The number of halogens is 1. The van der Waals surface area contributed by atoms with Crippen LogP contribution in [0.25, 0.3) is 0 Å². The Morgan fingerprint density at radius 2 is 1.87 bits per heavy atom. The number of benzene rings is 2. The van der Waals surface area contributed by atoms with Crippen molar-refractivity contribution in [3.05, 3.63) is 81.1 Å². The lowest BCUT2D eigenvalue weighted by atomic mass is 10.1. The van der Waals surface area contributed by atoms with Crippen LogP contribution < -0.4 is 10.6 Å². The number of aryl methyl sites for hydroxylation is 2. The molecule has 0 aliphatic heterocycles. The second kappa shape index (κ2) is 9.01. The fraction of sp³-hybridized carbons (Fsp3) is 0.190. The lowest BCUT2D eigenvalue weighted by Gasteiger charge is -2.06. The summed E-state index contributed by atoms with van der Waals surface area (Å²) in [6.07, 6.45) is 1.51. The zero-order valence-electron chi connectivity index (χ0n) is 17.3. The van der Waals surface area contributed by atoms with Crippen LogP contribution >= 0.6 is 11.6 Å². The molecule has 0 saturated heterocycles. The SMILES string of the molecule is Cc1ccc(Cn2nc(C)c(/C=N/NC(=O)c3ccc(Cl)c(S(N)(=O)=O)c3)c2C)cc1. The number of nitrogens with two attached hydrogens (primary N) is 1. The molecule has 0 fully saturated rings. The van der Waals surface area contributed by atoms with Crippen LogP contribution in [-0.2, 0) is 16.6 Å². The van der Waals surface area contributed by atoms with Crippen LogP contribution in [-0.4, -0.2) is 30.3 Å². The highest BCUT2D eigenvalue weighted by Crippen LogP contribution is 2.21. The zero-order valence-corrected chi connectivity index (χ0v) is 18.8. The van der Waals surface area contributed by atoms with E-state index < -0.39 is 15.9 Å². The Bertz CT molecular complexity index is 1260. The summed E-state index contributed by atoms with van der Waals surface area (Å²) in [5.41, 5.74) is 7.22. The lowest BCUT2D eigenvalue weighted by molar-refractivity contribution is 0.0955. The number of carbonyl (C=O) groups excluding carboxylic acids is 1. The summed E-state index contributed by atoms with van der Waals surface area (Å²) in [5.74, 6) is -0.597. The average molecular weight is 460 g/mol. The summed E-state index contributed by atoms with van der Waals surface area (Å²) in [6, 6.07) is 12.0. The molecule has 0 spiro atoms. The summed E-state index contributed by atoms with van der Waals surface area (Å²) in [7, 11) is -4.05. The van der Waals surface area contributed by atoms with Gasteiger partial charge >= 0.3 is 0 Å². The molecule has 3 rings (SSSR count). The smallest absolute Gasteiger partial charge is 0.267 e. The van der Waals surface area contributed by atoms with Crippen molar-refractivity contribution in [3.63, 3.8) is 0 Å². The average Bonchev–Trinajstić information content (AvgIpc) is 2.96. The summed E-state index contributed by atoms with van der Waals surface area (Å²) in [5, 5.41) is 13.6. The number of hydrazone groups is 1.